The Kier molecular flexibility index (Phi) is 8.48. The molecule has 9 nitrogen and oxygen atoms in total. The number of aromatic nitrogens is 2. The average molecular weight is 441 g/mol. The van der Waals surface area contributed by atoms with Gasteiger partial charge in [-0.3, -0.25) is 23.9 Å². The lowest BCUT2D eigenvalue weighted by Gasteiger charge is -2.21. The van der Waals surface area contributed by atoms with Crippen molar-refractivity contribution in [2.24, 2.45) is 10.8 Å². The topological polar surface area (TPSA) is 125 Å². The number of aryl methyl sites for hydroxylation is 1. The Labute approximate surface area is 176 Å². The normalized spacial score (nSPS) is 12.9. The Hall–Kier alpha value is -2.54. The number of esters is 2. The van der Waals surface area contributed by atoms with Gasteiger partial charge in [-0.25, -0.2) is 4.79 Å². The van der Waals surface area contributed by atoms with E-state index in [2.05, 4.69) is 4.98 Å². The summed E-state index contributed by atoms with van der Waals surface area (Å²) in [5, 5.41) is 0. The van der Waals surface area contributed by atoms with E-state index in [-0.39, 0.29) is 12.7 Å². The minimum absolute atomic E-state index is 0.0358. The van der Waals surface area contributed by atoms with Crippen LogP contribution in [0, 0.1) is 17.8 Å². The number of H-pyrrole nitrogens is 1. The third kappa shape index (κ3) is 7.71. The number of allylic oxidation sites excluding steroid dienone is 2. The average Bonchev–Trinajstić information content (AvgIpc) is 2.60. The van der Waals surface area contributed by atoms with Gasteiger partial charge in [0.2, 0.25) is 0 Å². The monoisotopic (exact) mass is 441 g/mol. The van der Waals surface area contributed by atoms with Gasteiger partial charge >= 0.3 is 31.5 Å². The van der Waals surface area contributed by atoms with Crippen LogP contribution < -0.4 is 11.2 Å². The number of hydrogen-bond acceptors (Lipinski definition) is 7. The minimum Gasteiger partial charge on any atom is -0.384 e. The van der Waals surface area contributed by atoms with Gasteiger partial charge in [0.05, 0.1) is 10.8 Å². The minimum atomic E-state index is -2.27. The second kappa shape index (κ2) is 9.98. The molecule has 10 heteroatoms. The van der Waals surface area contributed by atoms with Gasteiger partial charge < -0.3 is 9.47 Å². The first-order chi connectivity index (χ1) is 13.6. The van der Waals surface area contributed by atoms with Crippen LogP contribution >= 0.6 is 7.80 Å². The van der Waals surface area contributed by atoms with E-state index in [9.17, 15) is 23.7 Å². The molecule has 0 aliphatic heterocycles. The van der Waals surface area contributed by atoms with E-state index in [4.69, 9.17) is 9.47 Å². The second-order valence-electron chi connectivity index (χ2n) is 8.91. The quantitative estimate of drug-likeness (QED) is 0.298. The van der Waals surface area contributed by atoms with Gasteiger partial charge in [0, 0.05) is 18.3 Å². The van der Waals surface area contributed by atoms with Crippen LogP contribution in [0.5, 0.6) is 0 Å². The molecule has 1 atom stereocenters. The van der Waals surface area contributed by atoms with Crippen molar-refractivity contribution in [3.8, 4) is 0 Å². The highest BCUT2D eigenvalue weighted by molar-refractivity contribution is 7.45. The van der Waals surface area contributed by atoms with Gasteiger partial charge in [-0.15, -0.1) is 0 Å². The van der Waals surface area contributed by atoms with Crippen LogP contribution in [0.1, 0.15) is 47.1 Å². The lowest BCUT2D eigenvalue weighted by Crippen LogP contribution is -2.33. The van der Waals surface area contributed by atoms with Crippen LogP contribution in [0.3, 0.4) is 0 Å². The maximum absolute atomic E-state index is 12.7. The molecule has 0 saturated carbocycles. The third-order valence-electron chi connectivity index (χ3n) is 3.82. The van der Waals surface area contributed by atoms with Gasteiger partial charge in [0.15, 0.2) is 6.16 Å². The summed E-state index contributed by atoms with van der Waals surface area (Å²) in [7, 11) is -2.27. The van der Waals surface area contributed by atoms with E-state index < -0.39 is 47.8 Å². The fourth-order valence-corrected chi connectivity index (χ4v) is 2.84. The molecule has 166 valence electrons. The van der Waals surface area contributed by atoms with E-state index in [0.29, 0.717) is 5.56 Å². The SMILES string of the molecule is Cc1cn(C/C=C\C[P+](=O)C(OC(=O)C(C)(C)C)OC(=O)C(C)(C)C)c(=O)[nH]c1=O. The zero-order valence-corrected chi connectivity index (χ0v) is 19.4. The van der Waals surface area contributed by atoms with Crippen LogP contribution in [0.2, 0.25) is 0 Å². The van der Waals surface area contributed by atoms with Gasteiger partial charge in [-0.2, -0.15) is 0 Å². The first-order valence-corrected chi connectivity index (χ1v) is 11.0. The van der Waals surface area contributed by atoms with Crippen molar-refractivity contribution in [2.75, 3.05) is 6.16 Å². The molecular weight excluding hydrogens is 411 g/mol. The van der Waals surface area contributed by atoms with E-state index in [1.54, 1.807) is 54.5 Å². The Morgan fingerprint density at radius 2 is 1.57 bits per heavy atom. The molecule has 0 aliphatic rings. The number of nitrogens with one attached hydrogen (secondary N) is 1. The van der Waals surface area contributed by atoms with Gasteiger partial charge in [0.1, 0.15) is 0 Å². The molecular formula is C20H30N2O7P+. The maximum Gasteiger partial charge on any atom is 0.451 e. The van der Waals surface area contributed by atoms with Crippen LogP contribution in [-0.4, -0.2) is 33.7 Å². The van der Waals surface area contributed by atoms with E-state index in [1.807, 2.05) is 0 Å². The van der Waals surface area contributed by atoms with Crippen molar-refractivity contribution < 1.29 is 23.6 Å². The molecule has 1 heterocycles. The molecule has 1 unspecified atom stereocenters. The maximum atomic E-state index is 12.7. The first-order valence-electron chi connectivity index (χ1n) is 9.44. The number of ether oxygens (including phenoxy) is 2. The van der Waals surface area contributed by atoms with Crippen molar-refractivity contribution in [1.82, 2.24) is 9.55 Å². The van der Waals surface area contributed by atoms with Crippen LogP contribution in [0.25, 0.3) is 0 Å². The highest BCUT2D eigenvalue weighted by Crippen LogP contribution is 2.34. The molecule has 30 heavy (non-hydrogen) atoms. The van der Waals surface area contributed by atoms with Crippen LogP contribution in [0.15, 0.2) is 27.9 Å². The Balaban J connectivity index is 2.88. The molecule has 0 amide bonds. The molecule has 0 aliphatic carbocycles. The molecule has 1 rings (SSSR count). The van der Waals surface area contributed by atoms with Crippen LogP contribution in [0.4, 0.5) is 0 Å². The van der Waals surface area contributed by atoms with Crippen molar-refractivity contribution >= 4 is 19.7 Å². The van der Waals surface area contributed by atoms with Crippen LogP contribution in [-0.2, 0) is 30.2 Å². The summed E-state index contributed by atoms with van der Waals surface area (Å²) in [6.07, 6.45) is 4.51. The summed E-state index contributed by atoms with van der Waals surface area (Å²) < 4.78 is 24.4. The van der Waals surface area contributed by atoms with Gasteiger partial charge in [0.25, 0.3) is 5.56 Å². The molecule has 0 spiro atoms. The summed E-state index contributed by atoms with van der Waals surface area (Å²) >= 11 is 0. The highest BCUT2D eigenvalue weighted by atomic mass is 31.1. The summed E-state index contributed by atoms with van der Waals surface area (Å²) in [5.74, 6) is -1.28. The molecule has 0 saturated heterocycles. The van der Waals surface area contributed by atoms with E-state index >= 15 is 0 Å². The van der Waals surface area contributed by atoms with E-state index in [1.165, 1.54) is 16.8 Å². The number of nitrogens with zero attached hydrogens (tertiary/aromatic N) is 1. The zero-order valence-electron chi connectivity index (χ0n) is 18.5. The number of aromatic amines is 1. The molecule has 0 aromatic carbocycles. The standard InChI is InChI=1S/C20H29N2O7P/c1-13-12-22(17(26)21-14(13)23)10-8-9-11-30(27)18(28-15(24)19(2,3)4)29-16(25)20(5,6)7/h8-9,12,18H,10-11H2,1-7H3/p+1/b9-8-. The summed E-state index contributed by atoms with van der Waals surface area (Å²) in [6.45, 7) is 11.5. The number of rotatable bonds is 7. The predicted molar refractivity (Wildman–Crippen MR) is 113 cm³/mol. The third-order valence-corrected chi connectivity index (χ3v) is 5.07. The zero-order chi connectivity index (χ0) is 23.3. The predicted octanol–water partition coefficient (Wildman–Crippen LogP) is 2.69. The summed E-state index contributed by atoms with van der Waals surface area (Å²) in [6, 6.07) is -1.51. The molecule has 1 aromatic heterocycles. The molecule has 0 bridgehead atoms. The van der Waals surface area contributed by atoms with Crippen molar-refractivity contribution in [3.05, 3.63) is 44.8 Å². The Morgan fingerprint density at radius 1 is 1.07 bits per heavy atom. The molecule has 1 N–H and O–H groups in total. The van der Waals surface area contributed by atoms with Gasteiger partial charge in [-0.1, -0.05) is 10.6 Å². The smallest absolute Gasteiger partial charge is 0.384 e. The van der Waals surface area contributed by atoms with Crippen molar-refractivity contribution in [3.63, 3.8) is 0 Å². The number of hydrogen-bond donors (Lipinski definition) is 1. The fraction of sp³-hybridized carbons (Fsp3) is 0.600. The largest absolute Gasteiger partial charge is 0.451 e. The molecule has 1 aromatic rings. The first kappa shape index (κ1) is 25.5. The van der Waals surface area contributed by atoms with E-state index in [0.717, 1.165) is 0 Å². The van der Waals surface area contributed by atoms with Crippen molar-refractivity contribution in [1.29, 1.82) is 0 Å². The molecule has 0 fully saturated rings. The lowest BCUT2D eigenvalue weighted by atomic mass is 9.97. The number of carbonyl (C=O) groups is 2. The number of carbonyl (C=O) groups excluding carboxylic acids is 2. The summed E-state index contributed by atoms with van der Waals surface area (Å²) in [4.78, 5) is 49.7. The fourth-order valence-electron chi connectivity index (χ4n) is 1.89. The second-order valence-corrected chi connectivity index (χ2v) is 10.5. The highest BCUT2D eigenvalue weighted by Gasteiger charge is 2.41. The van der Waals surface area contributed by atoms with Crippen molar-refractivity contribution in [2.45, 2.75) is 61.0 Å². The molecule has 0 radical (unpaired) electrons. The summed E-state index contributed by atoms with van der Waals surface area (Å²) in [5.41, 5.74) is -2.34. The Bertz CT molecular complexity index is 918. The lowest BCUT2D eigenvalue weighted by molar-refractivity contribution is -0.184. The van der Waals surface area contributed by atoms with Gasteiger partial charge in [-0.05, 0) is 54.5 Å². The Morgan fingerprint density at radius 3 is 2.03 bits per heavy atom.